The van der Waals surface area contributed by atoms with Crippen molar-refractivity contribution in [1.82, 2.24) is 5.32 Å². The molecule has 0 bridgehead atoms. The zero-order chi connectivity index (χ0) is 28.6. The molecule has 0 aromatic heterocycles. The molecule has 0 radical (unpaired) electrons. The van der Waals surface area contributed by atoms with Gasteiger partial charge >= 0.3 is 0 Å². The first-order valence-electron chi connectivity index (χ1n) is 14.5. The predicted molar refractivity (Wildman–Crippen MR) is 170 cm³/mol. The summed E-state index contributed by atoms with van der Waals surface area (Å²) in [5.74, 6) is 0.829. The number of Topliss-reactive ketones (excluding diaryl/α,β-unsaturated/α-hetero) is 1. The molecule has 0 aliphatic carbocycles. The van der Waals surface area contributed by atoms with Gasteiger partial charge in [-0.25, -0.2) is 0 Å². The fourth-order valence-corrected chi connectivity index (χ4v) is 5.38. The third-order valence-electron chi connectivity index (χ3n) is 6.49. The van der Waals surface area contributed by atoms with Gasteiger partial charge in [-0.1, -0.05) is 93.7 Å². The first-order valence-corrected chi connectivity index (χ1v) is 15.5. The van der Waals surface area contributed by atoms with Crippen LogP contribution in [-0.4, -0.2) is 33.8 Å². The van der Waals surface area contributed by atoms with Crippen LogP contribution in [0.2, 0.25) is 0 Å². The summed E-state index contributed by atoms with van der Waals surface area (Å²) in [6, 6.07) is 6.47. The number of rotatable bonds is 21. The van der Waals surface area contributed by atoms with Crippen LogP contribution in [0.25, 0.3) is 0 Å². The second-order valence-electron chi connectivity index (χ2n) is 9.35. The standard InChI is InChI=1S/C34H49NO3S/c1-4-7-8-9-10-11-12-13-14-15-16-17-18-19-20-23-29-39-34(5-2,6-3)32(37)27-24-28-35-33(38)30-25-21-22-26-31(30)36/h7-8,10-11,13-14,16-17,19-22,25-26,36H,4-6,9,12,15,18,23-24,27-29H2,1-3H3,(H,35,38)/b8-7-,11-10-,14-13-,17-16-,20-19-. The van der Waals surface area contributed by atoms with Gasteiger partial charge in [0.2, 0.25) is 0 Å². The number of allylic oxidation sites excluding steroid dienone is 10. The summed E-state index contributed by atoms with van der Waals surface area (Å²) in [5.41, 5.74) is 0.255. The summed E-state index contributed by atoms with van der Waals surface area (Å²) in [6.07, 6.45) is 30.6. The fourth-order valence-electron chi connectivity index (χ4n) is 4.06. The number of thioether (sulfide) groups is 1. The van der Waals surface area contributed by atoms with Crippen LogP contribution >= 0.6 is 11.8 Å². The minimum Gasteiger partial charge on any atom is -0.507 e. The summed E-state index contributed by atoms with van der Waals surface area (Å²) >= 11 is 1.77. The molecule has 0 spiro atoms. The van der Waals surface area contributed by atoms with Gasteiger partial charge < -0.3 is 10.4 Å². The number of carbonyl (C=O) groups excluding carboxylic acids is 2. The smallest absolute Gasteiger partial charge is 0.255 e. The lowest BCUT2D eigenvalue weighted by atomic mass is 9.94. The van der Waals surface area contributed by atoms with E-state index in [-0.39, 0.29) is 27.8 Å². The van der Waals surface area contributed by atoms with E-state index in [1.165, 1.54) is 6.07 Å². The van der Waals surface area contributed by atoms with Crippen molar-refractivity contribution >= 4 is 23.5 Å². The maximum absolute atomic E-state index is 13.1. The number of carbonyl (C=O) groups is 2. The number of hydrogen-bond acceptors (Lipinski definition) is 4. The molecule has 0 unspecified atom stereocenters. The van der Waals surface area contributed by atoms with E-state index in [0.717, 1.165) is 57.1 Å². The molecule has 4 nitrogen and oxygen atoms in total. The van der Waals surface area contributed by atoms with E-state index >= 15 is 0 Å². The highest BCUT2D eigenvalue weighted by Crippen LogP contribution is 2.35. The van der Waals surface area contributed by atoms with Crippen molar-refractivity contribution in [3.8, 4) is 5.75 Å². The van der Waals surface area contributed by atoms with Gasteiger partial charge in [0.1, 0.15) is 11.5 Å². The average molecular weight is 552 g/mol. The van der Waals surface area contributed by atoms with Gasteiger partial charge in [-0.05, 0) is 75.7 Å². The molecule has 0 aliphatic heterocycles. The molecule has 0 saturated heterocycles. The molecule has 1 aromatic carbocycles. The maximum Gasteiger partial charge on any atom is 0.255 e. The molecule has 0 saturated carbocycles. The highest BCUT2D eigenvalue weighted by molar-refractivity contribution is 8.01. The number of phenols is 1. The molecule has 39 heavy (non-hydrogen) atoms. The average Bonchev–Trinajstić information content (AvgIpc) is 2.95. The normalized spacial score (nSPS) is 12.6. The molecule has 0 fully saturated rings. The third-order valence-corrected chi connectivity index (χ3v) is 8.28. The Morgan fingerprint density at radius 3 is 1.90 bits per heavy atom. The number of phenolic OH excluding ortho intramolecular Hbond substituents is 1. The molecular formula is C34H49NO3S. The van der Waals surface area contributed by atoms with E-state index < -0.39 is 0 Å². The number of amides is 1. The summed E-state index contributed by atoms with van der Waals surface area (Å²) in [5, 5.41) is 12.6. The van der Waals surface area contributed by atoms with Crippen LogP contribution in [0.3, 0.4) is 0 Å². The Morgan fingerprint density at radius 1 is 0.821 bits per heavy atom. The summed E-state index contributed by atoms with van der Waals surface area (Å²) in [4.78, 5) is 25.3. The van der Waals surface area contributed by atoms with Crippen LogP contribution in [0.1, 0.15) is 95.3 Å². The third kappa shape index (κ3) is 14.8. The van der Waals surface area contributed by atoms with Crippen molar-refractivity contribution in [2.24, 2.45) is 0 Å². The lowest BCUT2D eigenvalue weighted by Gasteiger charge is -2.29. The van der Waals surface area contributed by atoms with Crippen LogP contribution in [0.15, 0.2) is 85.0 Å². The number of nitrogens with one attached hydrogen (secondary N) is 1. The quantitative estimate of drug-likeness (QED) is 0.118. The SMILES string of the molecule is CC/C=C\C/C=C\C/C=C\C/C=C\C/C=C\CCSC(CC)(CC)C(=O)CCCNC(=O)c1ccccc1O. The van der Waals surface area contributed by atoms with Crippen LogP contribution in [0.4, 0.5) is 0 Å². The topological polar surface area (TPSA) is 66.4 Å². The second-order valence-corrected chi connectivity index (χ2v) is 10.8. The van der Waals surface area contributed by atoms with Gasteiger partial charge in [0.05, 0.1) is 10.3 Å². The van der Waals surface area contributed by atoms with E-state index in [0.29, 0.717) is 19.4 Å². The number of hydrogen-bond donors (Lipinski definition) is 2. The Balaban J connectivity index is 2.26. The Labute approximate surface area is 241 Å². The molecule has 1 amide bonds. The first-order chi connectivity index (χ1) is 19.0. The number of benzene rings is 1. The van der Waals surface area contributed by atoms with Crippen molar-refractivity contribution in [3.05, 3.63) is 90.6 Å². The number of para-hydroxylation sites is 1. The Bertz CT molecular complexity index is 970. The van der Waals surface area contributed by atoms with E-state index in [4.69, 9.17) is 0 Å². The molecule has 0 aliphatic rings. The van der Waals surface area contributed by atoms with Gasteiger partial charge in [-0.3, -0.25) is 9.59 Å². The zero-order valence-electron chi connectivity index (χ0n) is 24.2. The van der Waals surface area contributed by atoms with Crippen LogP contribution in [0.5, 0.6) is 5.75 Å². The van der Waals surface area contributed by atoms with Gasteiger partial charge in [-0.15, -0.1) is 11.8 Å². The highest BCUT2D eigenvalue weighted by atomic mass is 32.2. The van der Waals surface area contributed by atoms with Gasteiger partial charge in [0.15, 0.2) is 0 Å². The fraction of sp³-hybridized carbons (Fsp3) is 0.471. The lowest BCUT2D eigenvalue weighted by Crippen LogP contribution is -2.35. The lowest BCUT2D eigenvalue weighted by molar-refractivity contribution is -0.121. The summed E-state index contributed by atoms with van der Waals surface area (Å²) in [7, 11) is 0. The summed E-state index contributed by atoms with van der Waals surface area (Å²) < 4.78 is -0.358. The summed E-state index contributed by atoms with van der Waals surface area (Å²) in [6.45, 7) is 6.74. The van der Waals surface area contributed by atoms with Crippen molar-refractivity contribution < 1.29 is 14.7 Å². The van der Waals surface area contributed by atoms with Crippen LogP contribution < -0.4 is 5.32 Å². The number of ketones is 1. The Hall–Kier alpha value is -2.79. The van der Waals surface area contributed by atoms with Crippen LogP contribution in [0, 0.1) is 0 Å². The molecule has 2 N–H and O–H groups in total. The van der Waals surface area contributed by atoms with E-state index in [1.807, 2.05) is 0 Å². The molecule has 1 aromatic rings. The van der Waals surface area contributed by atoms with E-state index in [2.05, 4.69) is 86.8 Å². The van der Waals surface area contributed by atoms with E-state index in [1.54, 1.807) is 30.0 Å². The largest absolute Gasteiger partial charge is 0.507 e. The molecular weight excluding hydrogens is 502 g/mol. The van der Waals surface area contributed by atoms with Crippen molar-refractivity contribution in [3.63, 3.8) is 0 Å². The van der Waals surface area contributed by atoms with Crippen molar-refractivity contribution in [1.29, 1.82) is 0 Å². The second kappa shape index (κ2) is 22.1. The van der Waals surface area contributed by atoms with E-state index in [9.17, 15) is 14.7 Å². The van der Waals surface area contributed by atoms with Gasteiger partial charge in [0.25, 0.3) is 5.91 Å². The predicted octanol–water partition coefficient (Wildman–Crippen LogP) is 8.90. The Kier molecular flexibility index (Phi) is 19.4. The van der Waals surface area contributed by atoms with Crippen molar-refractivity contribution in [2.75, 3.05) is 12.3 Å². The molecule has 214 valence electrons. The molecule has 1 rings (SSSR count). The van der Waals surface area contributed by atoms with Crippen molar-refractivity contribution in [2.45, 2.75) is 89.7 Å². The molecule has 0 heterocycles. The highest BCUT2D eigenvalue weighted by Gasteiger charge is 2.34. The van der Waals surface area contributed by atoms with Crippen LogP contribution in [-0.2, 0) is 4.79 Å². The minimum atomic E-state index is -0.358. The molecule has 0 atom stereocenters. The maximum atomic E-state index is 13.1. The monoisotopic (exact) mass is 551 g/mol. The van der Waals surface area contributed by atoms with Gasteiger partial charge in [0, 0.05) is 13.0 Å². The van der Waals surface area contributed by atoms with Gasteiger partial charge in [-0.2, -0.15) is 0 Å². The number of aromatic hydroxyl groups is 1. The molecule has 5 heteroatoms. The zero-order valence-corrected chi connectivity index (χ0v) is 25.1. The minimum absolute atomic E-state index is 0.0361. The Morgan fingerprint density at radius 2 is 1.36 bits per heavy atom. The first kappa shape index (κ1) is 34.2.